The first-order valence-corrected chi connectivity index (χ1v) is 12.2. The lowest BCUT2D eigenvalue weighted by atomic mass is 10.1. The summed E-state index contributed by atoms with van der Waals surface area (Å²) in [6.07, 6.45) is -1.13. The van der Waals surface area contributed by atoms with E-state index < -0.39 is 18.0 Å². The van der Waals surface area contributed by atoms with Crippen molar-refractivity contribution in [2.75, 3.05) is 5.32 Å². The lowest BCUT2D eigenvalue weighted by Gasteiger charge is -2.13. The second-order valence-corrected chi connectivity index (χ2v) is 9.16. The second kappa shape index (κ2) is 9.85. The van der Waals surface area contributed by atoms with Crippen molar-refractivity contribution in [3.8, 4) is 17.1 Å². The van der Waals surface area contributed by atoms with E-state index in [1.165, 1.54) is 11.6 Å². The van der Waals surface area contributed by atoms with E-state index in [1.807, 2.05) is 49.4 Å². The molecule has 0 fully saturated rings. The van der Waals surface area contributed by atoms with Gasteiger partial charge in [-0.3, -0.25) is 14.3 Å². The number of hydrogen-bond donors (Lipinski definition) is 2. The van der Waals surface area contributed by atoms with Gasteiger partial charge in [-0.25, -0.2) is 14.5 Å². The smallest absolute Gasteiger partial charge is 0.338 e. The van der Waals surface area contributed by atoms with Crippen LogP contribution in [0.15, 0.2) is 77.6 Å². The van der Waals surface area contributed by atoms with Gasteiger partial charge in [-0.15, -0.1) is 0 Å². The third kappa shape index (κ3) is 4.61. The molecule has 3 aromatic carbocycles. The molecular formula is C29H27N5O4. The highest BCUT2D eigenvalue weighted by Gasteiger charge is 2.24. The highest BCUT2D eigenvalue weighted by molar-refractivity contribution is 5.99. The number of nitrogens with zero attached hydrogens (tertiary/aromatic N) is 3. The molecule has 0 aliphatic rings. The number of carbonyl (C=O) groups excluding carboxylic acids is 2. The van der Waals surface area contributed by atoms with E-state index in [1.54, 1.807) is 49.0 Å². The number of para-hydroxylation sites is 1. The minimum Gasteiger partial charge on any atom is -0.449 e. The molecule has 1 unspecified atom stereocenters. The summed E-state index contributed by atoms with van der Waals surface area (Å²) in [6, 6.07) is 22.1. The van der Waals surface area contributed by atoms with Gasteiger partial charge < -0.3 is 15.0 Å². The lowest BCUT2D eigenvalue weighted by molar-refractivity contribution is -0.123. The Morgan fingerprint density at radius 2 is 1.71 bits per heavy atom. The number of benzene rings is 3. The molecule has 1 amide bonds. The van der Waals surface area contributed by atoms with Gasteiger partial charge >= 0.3 is 5.97 Å². The van der Waals surface area contributed by atoms with Crippen molar-refractivity contribution in [2.45, 2.75) is 26.9 Å². The topological polar surface area (TPSA) is 111 Å². The normalized spacial score (nSPS) is 11.9. The number of aryl methyl sites for hydroxylation is 1. The van der Waals surface area contributed by atoms with Crippen molar-refractivity contribution in [3.05, 3.63) is 100.0 Å². The van der Waals surface area contributed by atoms with Crippen molar-refractivity contribution < 1.29 is 14.3 Å². The Hall–Kier alpha value is -4.92. The Morgan fingerprint density at radius 1 is 1.00 bits per heavy atom. The van der Waals surface area contributed by atoms with Crippen LogP contribution in [0.25, 0.3) is 28.1 Å². The number of hydrogen-bond acceptors (Lipinski definition) is 5. The van der Waals surface area contributed by atoms with Crippen LogP contribution in [-0.2, 0) is 16.6 Å². The standard InChI is InChI=1S/C29H27N5O4/c1-17-10-12-20(13-11-17)26-30-23-15-14-21(16-24(23)31-26)29(37)38-19(3)27(35)32-25-18(2)33(4)34(28(25)36)22-8-6-5-7-9-22/h5-16,19H,1-4H3,(H,30,31)(H,32,35). The largest absolute Gasteiger partial charge is 0.449 e. The minimum absolute atomic E-state index is 0.131. The molecule has 5 rings (SSSR count). The van der Waals surface area contributed by atoms with Gasteiger partial charge in [-0.05, 0) is 51.1 Å². The van der Waals surface area contributed by atoms with Crippen molar-refractivity contribution in [3.63, 3.8) is 0 Å². The van der Waals surface area contributed by atoms with Gasteiger partial charge in [0, 0.05) is 12.6 Å². The fraction of sp³-hybridized carbons (Fsp3) is 0.172. The summed E-state index contributed by atoms with van der Waals surface area (Å²) < 4.78 is 8.55. The van der Waals surface area contributed by atoms with Gasteiger partial charge in [0.2, 0.25) is 0 Å². The van der Waals surface area contributed by atoms with Crippen LogP contribution < -0.4 is 10.9 Å². The zero-order chi connectivity index (χ0) is 27.0. The van der Waals surface area contributed by atoms with E-state index in [9.17, 15) is 14.4 Å². The number of imidazole rings is 1. The maximum atomic E-state index is 13.1. The number of nitrogens with one attached hydrogen (secondary N) is 2. The quantitative estimate of drug-likeness (QED) is 0.327. The molecule has 9 heteroatoms. The van der Waals surface area contributed by atoms with Gasteiger partial charge in [0.25, 0.3) is 11.5 Å². The highest BCUT2D eigenvalue weighted by atomic mass is 16.5. The molecule has 0 spiro atoms. The van der Waals surface area contributed by atoms with Crippen molar-refractivity contribution in [1.82, 2.24) is 19.3 Å². The fourth-order valence-electron chi connectivity index (χ4n) is 4.20. The molecule has 9 nitrogen and oxygen atoms in total. The number of aromatic amines is 1. The molecule has 0 saturated heterocycles. The summed E-state index contributed by atoms with van der Waals surface area (Å²) in [7, 11) is 1.73. The number of fused-ring (bicyclic) bond motifs is 1. The third-order valence-electron chi connectivity index (χ3n) is 6.50. The molecule has 1 atom stereocenters. The molecule has 0 aliphatic carbocycles. The molecule has 0 aliphatic heterocycles. The molecule has 0 saturated carbocycles. The molecule has 38 heavy (non-hydrogen) atoms. The maximum Gasteiger partial charge on any atom is 0.338 e. The van der Waals surface area contributed by atoms with Crippen LogP contribution in [0, 0.1) is 13.8 Å². The molecule has 5 aromatic rings. The zero-order valence-corrected chi connectivity index (χ0v) is 21.5. The van der Waals surface area contributed by atoms with Crippen molar-refractivity contribution in [2.24, 2.45) is 7.05 Å². The summed E-state index contributed by atoms with van der Waals surface area (Å²) in [4.78, 5) is 46.6. The Labute approximate surface area is 218 Å². The van der Waals surface area contributed by atoms with Crippen LogP contribution in [0.5, 0.6) is 0 Å². The summed E-state index contributed by atoms with van der Waals surface area (Å²) in [5.74, 6) is -0.571. The predicted octanol–water partition coefficient (Wildman–Crippen LogP) is 4.52. The van der Waals surface area contributed by atoms with E-state index in [-0.39, 0.29) is 16.8 Å². The molecule has 0 radical (unpaired) electrons. The first-order valence-electron chi connectivity index (χ1n) is 12.2. The van der Waals surface area contributed by atoms with Crippen LogP contribution in [0.2, 0.25) is 0 Å². The minimum atomic E-state index is -1.13. The Morgan fingerprint density at radius 3 is 2.42 bits per heavy atom. The molecule has 192 valence electrons. The average molecular weight is 510 g/mol. The average Bonchev–Trinajstić information content (AvgIpc) is 3.43. The van der Waals surface area contributed by atoms with Crippen LogP contribution in [-0.4, -0.2) is 37.3 Å². The van der Waals surface area contributed by atoms with Gasteiger partial charge in [-0.1, -0.05) is 48.0 Å². The van der Waals surface area contributed by atoms with Gasteiger partial charge in [0.15, 0.2) is 6.10 Å². The Bertz CT molecular complexity index is 1710. The molecule has 0 bridgehead atoms. The molecular weight excluding hydrogens is 482 g/mol. The summed E-state index contributed by atoms with van der Waals surface area (Å²) in [5, 5.41) is 2.63. The predicted molar refractivity (Wildman–Crippen MR) is 146 cm³/mol. The molecule has 2 heterocycles. The maximum absolute atomic E-state index is 13.1. The second-order valence-electron chi connectivity index (χ2n) is 9.16. The summed E-state index contributed by atoms with van der Waals surface area (Å²) >= 11 is 0. The number of esters is 1. The van der Waals surface area contributed by atoms with E-state index in [0.717, 1.165) is 11.1 Å². The van der Waals surface area contributed by atoms with Crippen LogP contribution in [0.1, 0.15) is 28.5 Å². The number of H-pyrrole nitrogens is 1. The number of carbonyl (C=O) groups is 2. The van der Waals surface area contributed by atoms with Gasteiger partial charge in [0.05, 0.1) is 28.0 Å². The molecule has 2 aromatic heterocycles. The highest BCUT2D eigenvalue weighted by Crippen LogP contribution is 2.22. The van der Waals surface area contributed by atoms with Crippen LogP contribution in [0.4, 0.5) is 5.69 Å². The number of anilines is 1. The number of ether oxygens (including phenoxy) is 1. The third-order valence-corrected chi connectivity index (χ3v) is 6.50. The zero-order valence-electron chi connectivity index (χ0n) is 21.5. The van der Waals surface area contributed by atoms with E-state index in [2.05, 4.69) is 15.3 Å². The van der Waals surface area contributed by atoms with E-state index in [4.69, 9.17) is 4.74 Å². The van der Waals surface area contributed by atoms with Crippen molar-refractivity contribution >= 4 is 28.6 Å². The fourth-order valence-corrected chi connectivity index (χ4v) is 4.20. The number of rotatable bonds is 6. The Balaban J connectivity index is 1.31. The van der Waals surface area contributed by atoms with Crippen molar-refractivity contribution in [1.29, 1.82) is 0 Å². The van der Waals surface area contributed by atoms with E-state index in [0.29, 0.717) is 28.2 Å². The summed E-state index contributed by atoms with van der Waals surface area (Å²) in [6.45, 7) is 5.21. The van der Waals surface area contributed by atoms with Crippen LogP contribution in [0.3, 0.4) is 0 Å². The van der Waals surface area contributed by atoms with Gasteiger partial charge in [-0.2, -0.15) is 0 Å². The SMILES string of the molecule is Cc1ccc(-c2nc3ccc(C(=O)OC(C)C(=O)Nc4c(C)n(C)n(-c5ccccc5)c4=O)cc3[nH]2)cc1. The molecule has 2 N–H and O–H groups in total. The number of amides is 1. The first kappa shape index (κ1) is 24.8. The number of aromatic nitrogens is 4. The van der Waals surface area contributed by atoms with Crippen LogP contribution >= 0.6 is 0 Å². The first-order chi connectivity index (χ1) is 18.2. The lowest BCUT2D eigenvalue weighted by Crippen LogP contribution is -2.32. The Kier molecular flexibility index (Phi) is 6.42. The monoisotopic (exact) mass is 509 g/mol. The van der Waals surface area contributed by atoms with E-state index >= 15 is 0 Å². The van der Waals surface area contributed by atoms with Gasteiger partial charge in [0.1, 0.15) is 11.5 Å². The summed E-state index contributed by atoms with van der Waals surface area (Å²) in [5.41, 5.74) is 4.73.